The molecule has 0 aromatic heterocycles. The number of ketones is 1. The van der Waals surface area contributed by atoms with Crippen LogP contribution in [0.1, 0.15) is 56.5 Å². The lowest BCUT2D eigenvalue weighted by atomic mass is 10.0. The summed E-state index contributed by atoms with van der Waals surface area (Å²) in [5, 5.41) is 3.02. The second-order valence-corrected chi connectivity index (χ2v) is 5.87. The molecule has 20 heavy (non-hydrogen) atoms. The van der Waals surface area contributed by atoms with Crippen LogP contribution in [0.5, 0.6) is 0 Å². The first-order valence-corrected chi connectivity index (χ1v) is 7.27. The van der Waals surface area contributed by atoms with Crippen LogP contribution in [0.15, 0.2) is 24.3 Å². The molecular formula is C17H25NO2. The van der Waals surface area contributed by atoms with Gasteiger partial charge < -0.3 is 5.32 Å². The molecular weight excluding hydrogens is 250 g/mol. The van der Waals surface area contributed by atoms with Gasteiger partial charge >= 0.3 is 0 Å². The summed E-state index contributed by atoms with van der Waals surface area (Å²) >= 11 is 0. The number of benzene rings is 1. The first-order chi connectivity index (χ1) is 9.38. The summed E-state index contributed by atoms with van der Waals surface area (Å²) in [4.78, 5) is 23.1. The van der Waals surface area contributed by atoms with E-state index in [4.69, 9.17) is 0 Å². The Balaban J connectivity index is 2.43. The molecule has 3 nitrogen and oxygen atoms in total. The molecule has 1 amide bonds. The van der Waals surface area contributed by atoms with E-state index < -0.39 is 0 Å². The largest absolute Gasteiger partial charge is 0.353 e. The summed E-state index contributed by atoms with van der Waals surface area (Å²) in [5.41, 5.74) is 1.61. The molecule has 1 aromatic rings. The molecule has 1 aromatic carbocycles. The van der Waals surface area contributed by atoms with E-state index >= 15 is 0 Å². The minimum atomic E-state index is 0.0387. The molecule has 0 aliphatic rings. The minimum absolute atomic E-state index is 0.0387. The fraction of sp³-hybridized carbons (Fsp3) is 0.529. The smallest absolute Gasteiger partial charge is 0.224 e. The maximum Gasteiger partial charge on any atom is 0.224 e. The fourth-order valence-electron chi connectivity index (χ4n) is 2.02. The highest BCUT2D eigenvalue weighted by molar-refractivity contribution is 5.94. The molecule has 0 radical (unpaired) electrons. The minimum Gasteiger partial charge on any atom is -0.353 e. The van der Waals surface area contributed by atoms with Crippen LogP contribution < -0.4 is 5.32 Å². The maximum atomic E-state index is 11.9. The second-order valence-electron chi connectivity index (χ2n) is 5.87. The van der Waals surface area contributed by atoms with E-state index in [0.29, 0.717) is 17.9 Å². The van der Waals surface area contributed by atoms with Crippen molar-refractivity contribution in [1.82, 2.24) is 5.32 Å². The van der Waals surface area contributed by atoms with Gasteiger partial charge in [-0.1, -0.05) is 38.1 Å². The quantitative estimate of drug-likeness (QED) is 0.775. The van der Waals surface area contributed by atoms with Gasteiger partial charge in [0.2, 0.25) is 5.91 Å². The number of Topliss-reactive ketones (excluding diaryl/α,β-unsaturated/α-hetero) is 1. The van der Waals surface area contributed by atoms with Gasteiger partial charge in [0, 0.05) is 11.6 Å². The number of rotatable bonds is 7. The van der Waals surface area contributed by atoms with E-state index in [1.807, 2.05) is 19.1 Å². The van der Waals surface area contributed by atoms with Crippen molar-refractivity contribution in [3.63, 3.8) is 0 Å². The highest BCUT2D eigenvalue weighted by atomic mass is 16.1. The molecule has 0 saturated carbocycles. The highest BCUT2D eigenvalue weighted by Crippen LogP contribution is 2.08. The van der Waals surface area contributed by atoms with Crippen LogP contribution in [0, 0.1) is 5.92 Å². The topological polar surface area (TPSA) is 46.2 Å². The van der Waals surface area contributed by atoms with E-state index in [0.717, 1.165) is 18.4 Å². The molecule has 1 atom stereocenters. The molecule has 0 unspecified atom stereocenters. The highest BCUT2D eigenvalue weighted by Gasteiger charge is 2.09. The standard InChI is InChI=1S/C17H25NO2/c1-12(2)5-6-13(3)18-17(20)11-15-7-9-16(10-8-15)14(4)19/h7-10,12-13H,5-6,11H2,1-4H3,(H,18,20)/t13-/m0/s1. The van der Waals surface area contributed by atoms with Crippen molar-refractivity contribution in [2.45, 2.75) is 53.0 Å². The normalized spacial score (nSPS) is 12.2. The number of hydrogen-bond donors (Lipinski definition) is 1. The lowest BCUT2D eigenvalue weighted by Crippen LogP contribution is -2.33. The SMILES string of the molecule is CC(=O)c1ccc(CC(=O)N[C@@H](C)CCC(C)C)cc1. The Kier molecular flexibility index (Phi) is 6.43. The van der Waals surface area contributed by atoms with Crippen molar-refractivity contribution in [1.29, 1.82) is 0 Å². The Bertz CT molecular complexity index is 449. The second kappa shape index (κ2) is 7.83. The predicted molar refractivity (Wildman–Crippen MR) is 81.8 cm³/mol. The van der Waals surface area contributed by atoms with Crippen LogP contribution >= 0.6 is 0 Å². The van der Waals surface area contributed by atoms with E-state index in [-0.39, 0.29) is 17.7 Å². The Labute approximate surface area is 121 Å². The van der Waals surface area contributed by atoms with Crippen molar-refractivity contribution in [2.75, 3.05) is 0 Å². The van der Waals surface area contributed by atoms with Crippen LogP contribution in [-0.2, 0) is 11.2 Å². The summed E-state index contributed by atoms with van der Waals surface area (Å²) in [6.07, 6.45) is 2.49. The van der Waals surface area contributed by atoms with Gasteiger partial charge in [-0.15, -0.1) is 0 Å². The van der Waals surface area contributed by atoms with E-state index in [1.54, 1.807) is 12.1 Å². The van der Waals surface area contributed by atoms with Crippen molar-refractivity contribution in [3.8, 4) is 0 Å². The zero-order chi connectivity index (χ0) is 15.1. The first-order valence-electron chi connectivity index (χ1n) is 7.27. The Morgan fingerprint density at radius 3 is 2.15 bits per heavy atom. The number of hydrogen-bond acceptors (Lipinski definition) is 2. The molecule has 0 saturated heterocycles. The molecule has 0 aliphatic carbocycles. The monoisotopic (exact) mass is 275 g/mol. The van der Waals surface area contributed by atoms with E-state index in [1.165, 1.54) is 6.92 Å². The molecule has 1 rings (SSSR count). The van der Waals surface area contributed by atoms with Crippen LogP contribution in [0.3, 0.4) is 0 Å². The van der Waals surface area contributed by atoms with Crippen LogP contribution in [0.25, 0.3) is 0 Å². The molecule has 110 valence electrons. The molecule has 0 spiro atoms. The van der Waals surface area contributed by atoms with Gasteiger partial charge in [0.1, 0.15) is 0 Å². The average Bonchev–Trinajstić information content (AvgIpc) is 2.36. The van der Waals surface area contributed by atoms with Crippen LogP contribution in [-0.4, -0.2) is 17.7 Å². The number of carbonyl (C=O) groups excluding carboxylic acids is 2. The van der Waals surface area contributed by atoms with E-state index in [9.17, 15) is 9.59 Å². The van der Waals surface area contributed by atoms with Gasteiger partial charge in [0.15, 0.2) is 5.78 Å². The summed E-state index contributed by atoms with van der Waals surface area (Å²) in [7, 11) is 0. The zero-order valence-electron chi connectivity index (χ0n) is 12.9. The zero-order valence-corrected chi connectivity index (χ0v) is 12.9. The van der Waals surface area contributed by atoms with Gasteiger partial charge in [-0.2, -0.15) is 0 Å². The van der Waals surface area contributed by atoms with Crippen molar-refractivity contribution >= 4 is 11.7 Å². The molecule has 0 heterocycles. The predicted octanol–water partition coefficient (Wildman–Crippen LogP) is 3.37. The fourth-order valence-corrected chi connectivity index (χ4v) is 2.02. The molecule has 0 bridgehead atoms. The van der Waals surface area contributed by atoms with Gasteiger partial charge in [0.25, 0.3) is 0 Å². The lowest BCUT2D eigenvalue weighted by Gasteiger charge is -2.15. The van der Waals surface area contributed by atoms with Gasteiger partial charge in [-0.3, -0.25) is 9.59 Å². The summed E-state index contributed by atoms with van der Waals surface area (Å²) < 4.78 is 0. The molecule has 0 aliphatic heterocycles. The number of amides is 1. The molecule has 3 heteroatoms. The summed E-state index contributed by atoms with van der Waals surface area (Å²) in [5.74, 6) is 0.744. The van der Waals surface area contributed by atoms with Gasteiger partial charge in [-0.25, -0.2) is 0 Å². The third-order valence-corrected chi connectivity index (χ3v) is 3.31. The third-order valence-electron chi connectivity index (χ3n) is 3.31. The summed E-state index contributed by atoms with van der Waals surface area (Å²) in [6, 6.07) is 7.44. The lowest BCUT2D eigenvalue weighted by molar-refractivity contribution is -0.121. The third kappa shape index (κ3) is 6.00. The van der Waals surface area contributed by atoms with Gasteiger partial charge in [0.05, 0.1) is 6.42 Å². The van der Waals surface area contributed by atoms with E-state index in [2.05, 4.69) is 19.2 Å². The Morgan fingerprint density at radius 1 is 1.05 bits per heavy atom. The molecule has 0 fully saturated rings. The van der Waals surface area contributed by atoms with Gasteiger partial charge in [-0.05, 0) is 38.2 Å². The first kappa shape index (κ1) is 16.4. The molecule has 1 N–H and O–H groups in total. The van der Waals surface area contributed by atoms with Crippen molar-refractivity contribution in [2.24, 2.45) is 5.92 Å². The summed E-state index contributed by atoms with van der Waals surface area (Å²) in [6.45, 7) is 7.95. The Morgan fingerprint density at radius 2 is 1.65 bits per heavy atom. The number of nitrogens with one attached hydrogen (secondary N) is 1. The Hall–Kier alpha value is -1.64. The van der Waals surface area contributed by atoms with Crippen LogP contribution in [0.2, 0.25) is 0 Å². The van der Waals surface area contributed by atoms with Crippen molar-refractivity contribution < 1.29 is 9.59 Å². The van der Waals surface area contributed by atoms with Crippen LogP contribution in [0.4, 0.5) is 0 Å². The average molecular weight is 275 g/mol. The van der Waals surface area contributed by atoms with Crippen molar-refractivity contribution in [3.05, 3.63) is 35.4 Å². The maximum absolute atomic E-state index is 11.9. The number of carbonyl (C=O) groups is 2.